The minimum atomic E-state index is -1.08. The second-order valence-electron chi connectivity index (χ2n) is 7.15. The fraction of sp³-hybridized carbons (Fsp3) is 0.571. The molecule has 2 rings (SSSR count). The van der Waals surface area contributed by atoms with Gasteiger partial charge in [0, 0.05) is 20.6 Å². The zero-order chi connectivity index (χ0) is 20.9. The number of hydrogen-bond donors (Lipinski definition) is 0. The predicted octanol–water partition coefficient (Wildman–Crippen LogP) is 3.52. The Morgan fingerprint density at radius 3 is 2.29 bits per heavy atom. The van der Waals surface area contributed by atoms with Gasteiger partial charge in [0.25, 0.3) is 0 Å². The highest BCUT2D eigenvalue weighted by molar-refractivity contribution is 5.78. The van der Waals surface area contributed by atoms with Gasteiger partial charge in [-0.05, 0) is 40.2 Å². The van der Waals surface area contributed by atoms with Crippen LogP contribution in [0.1, 0.15) is 62.7 Å². The summed E-state index contributed by atoms with van der Waals surface area (Å²) in [7, 11) is 3.20. The van der Waals surface area contributed by atoms with Gasteiger partial charge in [-0.1, -0.05) is 29.8 Å². The van der Waals surface area contributed by atoms with E-state index in [0.717, 1.165) is 11.1 Å². The van der Waals surface area contributed by atoms with Gasteiger partial charge >= 0.3 is 5.97 Å². The Hall–Kier alpha value is -2.25. The summed E-state index contributed by atoms with van der Waals surface area (Å²) in [5.41, 5.74) is 1.09. The van der Waals surface area contributed by atoms with E-state index in [9.17, 15) is 4.79 Å². The highest BCUT2D eigenvalue weighted by Gasteiger charge is 2.41. The van der Waals surface area contributed by atoms with E-state index >= 15 is 0 Å². The lowest BCUT2D eigenvalue weighted by molar-refractivity contribution is -0.154. The minimum absolute atomic E-state index is 0.285. The Labute approximate surface area is 167 Å². The molecule has 2 aromatic rings. The average molecular weight is 389 g/mol. The number of hydrogen-bond acceptors (Lipinski definition) is 6. The molecule has 0 aliphatic rings. The first-order valence-electron chi connectivity index (χ1n) is 9.52. The van der Waals surface area contributed by atoms with Crippen LogP contribution in [0.5, 0.6) is 0 Å². The number of nitrogens with zero attached hydrogens (tertiary/aromatic N) is 3. The fourth-order valence-corrected chi connectivity index (χ4v) is 2.97. The number of rotatable bonds is 9. The molecule has 28 heavy (non-hydrogen) atoms. The van der Waals surface area contributed by atoms with E-state index in [1.54, 1.807) is 25.8 Å². The summed E-state index contributed by atoms with van der Waals surface area (Å²) >= 11 is 0. The van der Waals surface area contributed by atoms with E-state index in [1.807, 2.05) is 52.0 Å². The lowest BCUT2D eigenvalue weighted by Crippen LogP contribution is -2.44. The number of ether oxygens (including phenoxy) is 3. The number of benzene rings is 1. The van der Waals surface area contributed by atoms with Gasteiger partial charge < -0.3 is 14.2 Å². The molecule has 0 saturated carbocycles. The van der Waals surface area contributed by atoms with E-state index < -0.39 is 5.54 Å². The largest absolute Gasteiger partial charge is 0.464 e. The summed E-state index contributed by atoms with van der Waals surface area (Å²) in [5.74, 6) is 0.701. The normalized spacial score (nSPS) is 15.7. The van der Waals surface area contributed by atoms with Crippen LogP contribution in [0.2, 0.25) is 0 Å². The Morgan fingerprint density at radius 2 is 1.75 bits per heavy atom. The van der Waals surface area contributed by atoms with Crippen molar-refractivity contribution < 1.29 is 19.0 Å². The molecule has 3 atom stereocenters. The number of esters is 1. The predicted molar refractivity (Wildman–Crippen MR) is 106 cm³/mol. The minimum Gasteiger partial charge on any atom is -0.464 e. The zero-order valence-electron chi connectivity index (χ0n) is 17.9. The van der Waals surface area contributed by atoms with Crippen LogP contribution in [0.15, 0.2) is 24.3 Å². The molecule has 1 unspecified atom stereocenters. The van der Waals surface area contributed by atoms with E-state index in [-0.39, 0.29) is 24.8 Å². The van der Waals surface area contributed by atoms with Crippen LogP contribution in [0.3, 0.4) is 0 Å². The van der Waals surface area contributed by atoms with Crippen LogP contribution < -0.4 is 0 Å². The molecule has 1 aromatic heterocycles. The molecule has 7 nitrogen and oxygen atoms in total. The molecule has 0 fully saturated rings. The number of carbonyl (C=O) groups excluding carboxylic acids is 1. The van der Waals surface area contributed by atoms with Gasteiger partial charge in [-0.3, -0.25) is 0 Å². The van der Waals surface area contributed by atoms with E-state index in [2.05, 4.69) is 10.1 Å². The SMILES string of the molecule is CCOC(=O)C(C)(Cc1ccc(C)cc1)n1nc([C@H](C)OC)nc1[C@H](C)OC. The van der Waals surface area contributed by atoms with Gasteiger partial charge in [-0.25, -0.2) is 14.5 Å². The van der Waals surface area contributed by atoms with Gasteiger partial charge in [0.2, 0.25) is 0 Å². The first kappa shape index (κ1) is 22.0. The van der Waals surface area contributed by atoms with Crippen LogP contribution in [-0.4, -0.2) is 41.6 Å². The molecule has 1 aromatic carbocycles. The van der Waals surface area contributed by atoms with Crippen LogP contribution in [0, 0.1) is 6.92 Å². The molecule has 0 bridgehead atoms. The summed E-state index contributed by atoms with van der Waals surface area (Å²) < 4.78 is 17.9. The number of carbonyl (C=O) groups is 1. The number of methoxy groups -OCH3 is 2. The van der Waals surface area contributed by atoms with Gasteiger partial charge in [0.05, 0.1) is 6.61 Å². The molecule has 7 heteroatoms. The van der Waals surface area contributed by atoms with Gasteiger partial charge in [0.1, 0.15) is 12.2 Å². The maximum atomic E-state index is 13.1. The lowest BCUT2D eigenvalue weighted by Gasteiger charge is -2.30. The van der Waals surface area contributed by atoms with Crippen molar-refractivity contribution in [2.75, 3.05) is 20.8 Å². The van der Waals surface area contributed by atoms with Crippen molar-refractivity contribution in [2.45, 2.75) is 58.8 Å². The molecule has 0 spiro atoms. The topological polar surface area (TPSA) is 75.5 Å². The highest BCUT2D eigenvalue weighted by Crippen LogP contribution is 2.29. The number of aromatic nitrogens is 3. The average Bonchev–Trinajstić information content (AvgIpc) is 3.14. The first-order chi connectivity index (χ1) is 13.3. The quantitative estimate of drug-likeness (QED) is 0.611. The molecular weight excluding hydrogens is 358 g/mol. The van der Waals surface area contributed by atoms with Crippen molar-refractivity contribution >= 4 is 5.97 Å². The standard InChI is InChI=1S/C21H31N3O4/c1-8-28-20(25)21(5,13-17-11-9-14(2)10-12-17)24-19(16(4)27-7)22-18(23-24)15(3)26-6/h9-12,15-16H,8,13H2,1-7H3/t15-,16-,21?/m0/s1. The molecule has 0 aliphatic carbocycles. The molecule has 0 aliphatic heterocycles. The van der Waals surface area contributed by atoms with Crippen LogP contribution >= 0.6 is 0 Å². The Bertz CT molecular complexity index is 787. The molecule has 1 heterocycles. The summed E-state index contributed by atoms with van der Waals surface area (Å²) in [5, 5.41) is 4.64. The third-order valence-corrected chi connectivity index (χ3v) is 4.93. The van der Waals surface area contributed by atoms with Crippen molar-refractivity contribution in [3.63, 3.8) is 0 Å². The maximum Gasteiger partial charge on any atom is 0.334 e. The summed E-state index contributed by atoms with van der Waals surface area (Å²) in [6, 6.07) is 8.09. The maximum absolute atomic E-state index is 13.1. The molecule has 0 amide bonds. The van der Waals surface area contributed by atoms with Crippen molar-refractivity contribution in [3.8, 4) is 0 Å². The van der Waals surface area contributed by atoms with Gasteiger partial charge in [0.15, 0.2) is 17.2 Å². The van der Waals surface area contributed by atoms with Crippen molar-refractivity contribution in [3.05, 3.63) is 47.0 Å². The Balaban J connectivity index is 2.59. The Kier molecular flexibility index (Phi) is 7.32. The lowest BCUT2D eigenvalue weighted by atomic mass is 9.92. The van der Waals surface area contributed by atoms with Crippen molar-refractivity contribution in [1.29, 1.82) is 0 Å². The summed E-state index contributed by atoms with van der Waals surface area (Å²) in [6.45, 7) is 9.67. The first-order valence-corrected chi connectivity index (χ1v) is 9.52. The van der Waals surface area contributed by atoms with Gasteiger partial charge in [-0.2, -0.15) is 5.10 Å². The summed E-state index contributed by atoms with van der Waals surface area (Å²) in [4.78, 5) is 17.7. The summed E-state index contributed by atoms with van der Waals surface area (Å²) in [6.07, 6.45) is -0.244. The third-order valence-electron chi connectivity index (χ3n) is 4.93. The highest BCUT2D eigenvalue weighted by atomic mass is 16.5. The van der Waals surface area contributed by atoms with Gasteiger partial charge in [-0.15, -0.1) is 0 Å². The molecule has 0 saturated heterocycles. The van der Waals surface area contributed by atoms with Crippen LogP contribution in [0.4, 0.5) is 0 Å². The van der Waals surface area contributed by atoms with E-state index in [1.165, 1.54) is 0 Å². The third kappa shape index (κ3) is 4.59. The fourth-order valence-electron chi connectivity index (χ4n) is 2.97. The second-order valence-corrected chi connectivity index (χ2v) is 7.15. The number of aryl methyl sites for hydroxylation is 1. The van der Waals surface area contributed by atoms with Crippen molar-refractivity contribution in [2.24, 2.45) is 0 Å². The monoisotopic (exact) mass is 389 g/mol. The second kappa shape index (κ2) is 9.30. The molecule has 0 N–H and O–H groups in total. The molecule has 0 radical (unpaired) electrons. The zero-order valence-corrected chi connectivity index (χ0v) is 17.9. The van der Waals surface area contributed by atoms with E-state index in [0.29, 0.717) is 18.1 Å². The smallest absolute Gasteiger partial charge is 0.334 e. The van der Waals surface area contributed by atoms with E-state index in [4.69, 9.17) is 14.2 Å². The van der Waals surface area contributed by atoms with Crippen molar-refractivity contribution in [1.82, 2.24) is 14.8 Å². The Morgan fingerprint density at radius 1 is 1.14 bits per heavy atom. The van der Waals surface area contributed by atoms with Crippen LogP contribution in [0.25, 0.3) is 0 Å². The van der Waals surface area contributed by atoms with Crippen LogP contribution in [-0.2, 0) is 31.0 Å². The molecular formula is C21H31N3O4. The molecule has 154 valence electrons.